The summed E-state index contributed by atoms with van der Waals surface area (Å²) in [5.41, 5.74) is 23.8. The van der Waals surface area contributed by atoms with Crippen molar-refractivity contribution in [2.24, 2.45) is 27.9 Å². The molecule has 16 heteroatoms. The van der Waals surface area contributed by atoms with E-state index in [4.69, 9.17) is 22.9 Å². The molecule has 0 aliphatic carbocycles. The van der Waals surface area contributed by atoms with E-state index in [1.807, 2.05) is 24.3 Å². The maximum atomic E-state index is 13.7. The van der Waals surface area contributed by atoms with Crippen molar-refractivity contribution in [2.75, 3.05) is 6.54 Å². The Morgan fingerprint density at radius 2 is 1.45 bits per heavy atom. The van der Waals surface area contributed by atoms with Crippen molar-refractivity contribution < 1.29 is 34.2 Å². The van der Waals surface area contributed by atoms with E-state index >= 15 is 0 Å². The van der Waals surface area contributed by atoms with Crippen molar-refractivity contribution >= 4 is 46.5 Å². The van der Waals surface area contributed by atoms with Gasteiger partial charge in [0.05, 0.1) is 6.04 Å². The number of fused-ring (bicyclic) bond motifs is 1. The van der Waals surface area contributed by atoms with Gasteiger partial charge in [0.2, 0.25) is 23.6 Å². The number of aromatic amines is 1. The number of aliphatic carboxylic acids is 1. The standard InChI is InChI=1S/C31H41N9O7/c32-21(11-12-26(33)42)27(43)38-23(6-3-13-36-31(34)35)28(44)39-24(14-17-7-9-19(41)10-8-17)29(45)40-25(30(46)47)15-18-16-37-22-5-2-1-4-20(18)22/h1-2,4-5,7-10,16,21,23-25,37,41H,3,6,11-15,32H2,(H2,33,42)(H,38,43)(H,39,44)(H,40,45)(H,46,47)(H4,34,35,36). The number of primary amides is 1. The van der Waals surface area contributed by atoms with Gasteiger partial charge >= 0.3 is 5.97 Å². The van der Waals surface area contributed by atoms with Gasteiger partial charge in [-0.25, -0.2) is 4.79 Å². The van der Waals surface area contributed by atoms with E-state index in [-0.39, 0.29) is 56.8 Å². The SMILES string of the molecule is NC(=O)CCC(N)C(=O)NC(CCCN=C(N)N)C(=O)NC(Cc1ccc(O)cc1)C(=O)NC(Cc1c[nH]c2ccccc12)C(=O)O. The molecular formula is C31H41N9O7. The molecule has 0 fully saturated rings. The lowest BCUT2D eigenvalue weighted by atomic mass is 10.0. The predicted molar refractivity (Wildman–Crippen MR) is 174 cm³/mol. The van der Waals surface area contributed by atoms with Crippen LogP contribution in [0.5, 0.6) is 5.75 Å². The Balaban J connectivity index is 1.83. The number of nitrogens with two attached hydrogens (primary N) is 4. The number of guanidine groups is 1. The lowest BCUT2D eigenvalue weighted by Crippen LogP contribution is -2.57. The van der Waals surface area contributed by atoms with E-state index in [1.165, 1.54) is 12.1 Å². The van der Waals surface area contributed by atoms with Crippen molar-refractivity contribution in [1.82, 2.24) is 20.9 Å². The summed E-state index contributed by atoms with van der Waals surface area (Å²) >= 11 is 0. The first-order chi connectivity index (χ1) is 22.3. The number of para-hydroxylation sites is 1. The van der Waals surface area contributed by atoms with E-state index in [0.717, 1.165) is 10.9 Å². The van der Waals surface area contributed by atoms with Gasteiger partial charge in [0, 0.05) is 42.9 Å². The first-order valence-electron chi connectivity index (χ1n) is 14.9. The van der Waals surface area contributed by atoms with E-state index in [9.17, 15) is 34.2 Å². The van der Waals surface area contributed by atoms with Crippen molar-refractivity contribution in [2.45, 2.75) is 62.7 Å². The van der Waals surface area contributed by atoms with Crippen molar-refractivity contribution in [1.29, 1.82) is 0 Å². The van der Waals surface area contributed by atoms with Crippen molar-refractivity contribution in [3.8, 4) is 5.75 Å². The van der Waals surface area contributed by atoms with Crippen molar-refractivity contribution in [3.63, 3.8) is 0 Å². The number of nitrogens with zero attached hydrogens (tertiary/aromatic N) is 1. The van der Waals surface area contributed by atoms with Gasteiger partial charge in [-0.1, -0.05) is 30.3 Å². The van der Waals surface area contributed by atoms with Gasteiger partial charge in [0.1, 0.15) is 23.9 Å². The quantitative estimate of drug-likeness (QED) is 0.0447. The Kier molecular flexibility index (Phi) is 13.1. The number of carbonyl (C=O) groups is 5. The van der Waals surface area contributed by atoms with Crippen LogP contribution in [0.25, 0.3) is 10.9 Å². The highest BCUT2D eigenvalue weighted by atomic mass is 16.4. The van der Waals surface area contributed by atoms with Gasteiger partial charge in [-0.15, -0.1) is 0 Å². The fourth-order valence-corrected chi connectivity index (χ4v) is 4.82. The van der Waals surface area contributed by atoms with Gasteiger partial charge < -0.3 is 54.1 Å². The topological polar surface area (TPSA) is 294 Å². The average Bonchev–Trinajstić information content (AvgIpc) is 3.43. The van der Waals surface area contributed by atoms with Gasteiger partial charge in [-0.2, -0.15) is 0 Å². The molecule has 0 bridgehead atoms. The number of phenols is 1. The minimum Gasteiger partial charge on any atom is -0.508 e. The first-order valence-corrected chi connectivity index (χ1v) is 14.9. The summed E-state index contributed by atoms with van der Waals surface area (Å²) in [6.45, 7) is 0.140. The lowest BCUT2D eigenvalue weighted by Gasteiger charge is -2.25. The molecule has 3 aromatic rings. The molecule has 252 valence electrons. The number of phenolic OH excluding ortho intramolecular Hbond substituents is 1. The Labute approximate surface area is 270 Å². The molecule has 0 aliphatic heterocycles. The number of aromatic hydroxyl groups is 1. The second-order valence-electron chi connectivity index (χ2n) is 11.0. The fraction of sp³-hybridized carbons (Fsp3) is 0.355. The van der Waals surface area contributed by atoms with Crippen LogP contribution in [0, 0.1) is 0 Å². The van der Waals surface area contributed by atoms with Crippen LogP contribution in [-0.2, 0) is 36.8 Å². The summed E-state index contributed by atoms with van der Waals surface area (Å²) in [7, 11) is 0. The molecule has 14 N–H and O–H groups in total. The van der Waals surface area contributed by atoms with Crippen LogP contribution in [-0.4, -0.2) is 81.5 Å². The summed E-state index contributed by atoms with van der Waals surface area (Å²) in [4.78, 5) is 70.4. The Morgan fingerprint density at radius 1 is 0.809 bits per heavy atom. The fourth-order valence-electron chi connectivity index (χ4n) is 4.82. The molecule has 47 heavy (non-hydrogen) atoms. The number of aliphatic imine (C=N–C) groups is 1. The highest BCUT2D eigenvalue weighted by Crippen LogP contribution is 2.19. The van der Waals surface area contributed by atoms with Crippen LogP contribution < -0.4 is 38.9 Å². The molecule has 4 atom stereocenters. The zero-order chi connectivity index (χ0) is 34.5. The Hall–Kier alpha value is -5.64. The van der Waals surface area contributed by atoms with Gasteiger partial charge in [0.15, 0.2) is 5.96 Å². The van der Waals surface area contributed by atoms with Crippen LogP contribution in [0.2, 0.25) is 0 Å². The highest BCUT2D eigenvalue weighted by molar-refractivity contribution is 5.94. The smallest absolute Gasteiger partial charge is 0.326 e. The maximum absolute atomic E-state index is 13.7. The van der Waals surface area contributed by atoms with Gasteiger partial charge in [-0.3, -0.25) is 24.2 Å². The molecule has 1 aromatic heterocycles. The average molecular weight is 652 g/mol. The molecule has 0 saturated carbocycles. The lowest BCUT2D eigenvalue weighted by molar-refractivity contribution is -0.142. The maximum Gasteiger partial charge on any atom is 0.326 e. The zero-order valence-corrected chi connectivity index (χ0v) is 25.6. The first kappa shape index (κ1) is 35.8. The number of hydrogen-bond acceptors (Lipinski definition) is 8. The second-order valence-corrected chi connectivity index (χ2v) is 11.0. The zero-order valence-electron chi connectivity index (χ0n) is 25.6. The van der Waals surface area contributed by atoms with Crippen LogP contribution >= 0.6 is 0 Å². The number of nitrogens with one attached hydrogen (secondary N) is 4. The molecule has 0 radical (unpaired) electrons. The minimum absolute atomic E-state index is 0.0142. The molecule has 0 spiro atoms. The molecular weight excluding hydrogens is 610 g/mol. The predicted octanol–water partition coefficient (Wildman–Crippen LogP) is -1.16. The number of H-pyrrole nitrogens is 1. The number of carboxylic acids is 1. The van der Waals surface area contributed by atoms with Gasteiger partial charge in [0.25, 0.3) is 0 Å². The third kappa shape index (κ3) is 11.3. The summed E-state index contributed by atoms with van der Waals surface area (Å²) in [6.07, 6.45) is 1.65. The largest absolute Gasteiger partial charge is 0.508 e. The normalized spacial score (nSPS) is 13.5. The number of benzene rings is 2. The third-order valence-electron chi connectivity index (χ3n) is 7.34. The van der Waals surface area contributed by atoms with E-state index in [2.05, 4.69) is 25.9 Å². The number of aromatic nitrogens is 1. The van der Waals surface area contributed by atoms with E-state index < -0.39 is 53.8 Å². The summed E-state index contributed by atoms with van der Waals surface area (Å²) in [5, 5.41) is 28.2. The summed E-state index contributed by atoms with van der Waals surface area (Å²) in [5.74, 6) is -4.37. The minimum atomic E-state index is -1.35. The monoisotopic (exact) mass is 651 g/mol. The number of carbonyl (C=O) groups excluding carboxylic acids is 4. The highest BCUT2D eigenvalue weighted by Gasteiger charge is 2.31. The third-order valence-corrected chi connectivity index (χ3v) is 7.34. The summed E-state index contributed by atoms with van der Waals surface area (Å²) in [6, 6.07) is 8.24. The van der Waals surface area contributed by atoms with Crippen LogP contribution in [0.1, 0.15) is 36.8 Å². The van der Waals surface area contributed by atoms with E-state index in [1.54, 1.807) is 18.3 Å². The number of carboxylic acid groups (broad SMARTS) is 1. The van der Waals surface area contributed by atoms with Crippen LogP contribution in [0.3, 0.4) is 0 Å². The molecule has 1 heterocycles. The number of amides is 4. The molecule has 4 amide bonds. The van der Waals surface area contributed by atoms with Crippen LogP contribution in [0.15, 0.2) is 59.7 Å². The molecule has 4 unspecified atom stereocenters. The second kappa shape index (κ2) is 17.2. The molecule has 0 saturated heterocycles. The molecule has 2 aromatic carbocycles. The number of hydrogen-bond donors (Lipinski definition) is 10. The van der Waals surface area contributed by atoms with Gasteiger partial charge in [-0.05, 0) is 48.6 Å². The summed E-state index contributed by atoms with van der Waals surface area (Å²) < 4.78 is 0. The van der Waals surface area contributed by atoms with Crippen LogP contribution in [0.4, 0.5) is 0 Å². The Morgan fingerprint density at radius 3 is 2.11 bits per heavy atom. The Bertz CT molecular complexity index is 1590. The van der Waals surface area contributed by atoms with Crippen molar-refractivity contribution in [3.05, 3.63) is 65.9 Å². The molecule has 16 nitrogen and oxygen atoms in total. The number of rotatable bonds is 18. The molecule has 0 aliphatic rings. The molecule has 3 rings (SSSR count). The van der Waals surface area contributed by atoms with E-state index in [0.29, 0.717) is 11.1 Å².